The van der Waals surface area contributed by atoms with Crippen molar-refractivity contribution in [1.29, 1.82) is 0 Å². The Hall–Kier alpha value is -1.76. The number of aryl methyl sites for hydroxylation is 1. The molecule has 0 bridgehead atoms. The van der Waals surface area contributed by atoms with Crippen LogP contribution in [0, 0.1) is 5.41 Å². The van der Waals surface area contributed by atoms with Crippen molar-refractivity contribution in [1.82, 2.24) is 0 Å². The fraction of sp³-hybridized carbons (Fsp3) is 0.350. The molecule has 4 nitrogen and oxygen atoms in total. The molecule has 6 heteroatoms. The van der Waals surface area contributed by atoms with Crippen LogP contribution in [-0.4, -0.2) is 32.4 Å². The third kappa shape index (κ3) is 2.96. The molecule has 2 aromatic rings. The Labute approximate surface area is 160 Å². The molecule has 0 unspecified atom stereocenters. The molecule has 1 aliphatic rings. The van der Waals surface area contributed by atoms with Gasteiger partial charge in [-0.2, -0.15) is 0 Å². The maximum atomic E-state index is 13.3. The highest BCUT2D eigenvalue weighted by molar-refractivity contribution is 7.92. The lowest BCUT2D eigenvalue weighted by atomic mass is 9.98. The summed E-state index contributed by atoms with van der Waals surface area (Å²) in [5.74, 6) is -0.309. The topological polar surface area (TPSA) is 69.4 Å². The molecule has 0 aliphatic heterocycles. The number of methoxy groups -OCH3 is 1. The van der Waals surface area contributed by atoms with Gasteiger partial charge in [-0.3, -0.25) is 0 Å². The minimum Gasteiger partial charge on any atom is -0.393 e. The van der Waals surface area contributed by atoms with E-state index in [4.69, 9.17) is 22.7 Å². The zero-order chi connectivity index (χ0) is 18.9. The summed E-state index contributed by atoms with van der Waals surface area (Å²) in [6, 6.07) is 16.5. The van der Waals surface area contributed by atoms with Crippen LogP contribution in [0.25, 0.3) is 0 Å². The molecule has 3 atom stereocenters. The van der Waals surface area contributed by atoms with Gasteiger partial charge in [0.15, 0.2) is 9.84 Å². The van der Waals surface area contributed by atoms with Gasteiger partial charge in [0.2, 0.25) is 0 Å². The Morgan fingerprint density at radius 1 is 1.15 bits per heavy atom. The Balaban J connectivity index is 2.09. The minimum atomic E-state index is -3.60. The van der Waals surface area contributed by atoms with Gasteiger partial charge in [0.25, 0.3) is 0 Å². The minimum absolute atomic E-state index is 0.180. The van der Waals surface area contributed by atoms with Crippen molar-refractivity contribution in [3.63, 3.8) is 0 Å². The molecule has 1 saturated carbocycles. The van der Waals surface area contributed by atoms with Crippen LogP contribution < -0.4 is 5.73 Å². The Morgan fingerprint density at radius 3 is 2.27 bits per heavy atom. The normalized spacial score (nSPS) is 25.0. The summed E-state index contributed by atoms with van der Waals surface area (Å²) in [6.45, 7) is 2.26. The summed E-state index contributed by atoms with van der Waals surface area (Å²) >= 11 is 5.31. The SMILES string of the molecule is CCc1ccc([C@@H]2[C@@H](S(=O)(=O)c3ccccc3)[C@@]2(COC)C(N)=S)cc1. The number of benzene rings is 2. The molecule has 0 spiro atoms. The number of hydrogen-bond acceptors (Lipinski definition) is 4. The standard InChI is InChI=1S/C20H23NO3S2/c1-3-14-9-11-15(12-10-14)17-18(20(17,13-24-2)19(21)25)26(22,23)16-7-5-4-6-8-16/h4-12,17-18H,3,13H2,1-2H3,(H2,21,25)/t17-,18-,20+/m1/s1. The average Bonchev–Trinajstić information content (AvgIpc) is 3.34. The van der Waals surface area contributed by atoms with Crippen LogP contribution >= 0.6 is 12.2 Å². The van der Waals surface area contributed by atoms with Gasteiger partial charge < -0.3 is 10.5 Å². The zero-order valence-corrected chi connectivity index (χ0v) is 16.5. The van der Waals surface area contributed by atoms with Gasteiger partial charge in [-0.25, -0.2) is 8.42 Å². The Morgan fingerprint density at radius 2 is 1.77 bits per heavy atom. The molecule has 0 aromatic heterocycles. The predicted molar refractivity (Wildman–Crippen MR) is 107 cm³/mol. The second kappa shape index (κ2) is 7.10. The first-order chi connectivity index (χ1) is 12.4. The fourth-order valence-corrected chi connectivity index (χ4v) is 6.62. The van der Waals surface area contributed by atoms with E-state index in [0.717, 1.165) is 12.0 Å². The monoisotopic (exact) mass is 389 g/mol. The van der Waals surface area contributed by atoms with E-state index in [2.05, 4.69) is 6.92 Å². The van der Waals surface area contributed by atoms with E-state index in [1.807, 2.05) is 24.3 Å². The van der Waals surface area contributed by atoms with Crippen molar-refractivity contribution in [2.45, 2.75) is 29.4 Å². The van der Waals surface area contributed by atoms with Gasteiger partial charge in [0.05, 0.1) is 27.2 Å². The van der Waals surface area contributed by atoms with E-state index < -0.39 is 20.5 Å². The lowest BCUT2D eigenvalue weighted by Gasteiger charge is -2.16. The number of hydrogen-bond donors (Lipinski definition) is 1. The molecule has 3 rings (SSSR count). The van der Waals surface area contributed by atoms with Crippen LogP contribution in [-0.2, 0) is 21.0 Å². The van der Waals surface area contributed by atoms with Crippen LogP contribution in [0.3, 0.4) is 0 Å². The first kappa shape index (κ1) is 19.0. The fourth-order valence-electron chi connectivity index (χ4n) is 3.83. The molecular formula is C20H23NO3S2. The van der Waals surface area contributed by atoms with Crippen molar-refractivity contribution in [3.8, 4) is 0 Å². The van der Waals surface area contributed by atoms with Crippen molar-refractivity contribution >= 4 is 27.0 Å². The van der Waals surface area contributed by atoms with E-state index >= 15 is 0 Å². The van der Waals surface area contributed by atoms with Crippen LogP contribution in [0.15, 0.2) is 59.5 Å². The summed E-state index contributed by atoms with van der Waals surface area (Å²) < 4.78 is 32.0. The maximum absolute atomic E-state index is 13.3. The van der Waals surface area contributed by atoms with Gasteiger partial charge in [-0.05, 0) is 29.7 Å². The van der Waals surface area contributed by atoms with Gasteiger partial charge in [-0.15, -0.1) is 0 Å². The third-order valence-corrected chi connectivity index (χ3v) is 7.92. The highest BCUT2D eigenvalue weighted by atomic mass is 32.2. The lowest BCUT2D eigenvalue weighted by Crippen LogP contribution is -2.33. The quantitative estimate of drug-likeness (QED) is 0.737. The molecule has 2 N–H and O–H groups in total. The molecule has 1 aliphatic carbocycles. The first-order valence-corrected chi connectivity index (χ1v) is 10.5. The van der Waals surface area contributed by atoms with E-state index in [1.54, 1.807) is 37.4 Å². The predicted octanol–water partition coefficient (Wildman–Crippen LogP) is 3.11. The number of thiocarbonyl (C=S) groups is 1. The van der Waals surface area contributed by atoms with Gasteiger partial charge in [0.1, 0.15) is 0 Å². The molecule has 26 heavy (non-hydrogen) atoms. The summed E-state index contributed by atoms with van der Waals surface area (Å²) in [5.41, 5.74) is 7.30. The number of rotatable bonds is 7. The van der Waals surface area contributed by atoms with Gasteiger partial charge >= 0.3 is 0 Å². The van der Waals surface area contributed by atoms with Crippen molar-refractivity contribution < 1.29 is 13.2 Å². The molecule has 0 radical (unpaired) electrons. The second-order valence-electron chi connectivity index (χ2n) is 6.69. The molecule has 138 valence electrons. The van der Waals surface area contributed by atoms with E-state index in [-0.39, 0.29) is 22.4 Å². The smallest absolute Gasteiger partial charge is 0.182 e. The largest absolute Gasteiger partial charge is 0.393 e. The molecule has 1 fully saturated rings. The van der Waals surface area contributed by atoms with E-state index in [0.29, 0.717) is 0 Å². The highest BCUT2D eigenvalue weighted by Crippen LogP contribution is 2.64. The van der Waals surface area contributed by atoms with Crippen molar-refractivity contribution in [3.05, 3.63) is 65.7 Å². The van der Waals surface area contributed by atoms with Crippen molar-refractivity contribution in [2.75, 3.05) is 13.7 Å². The van der Waals surface area contributed by atoms with Crippen LogP contribution in [0.1, 0.15) is 24.0 Å². The molecule has 0 amide bonds. The van der Waals surface area contributed by atoms with E-state index in [1.165, 1.54) is 5.56 Å². The Kier molecular flexibility index (Phi) is 5.19. The van der Waals surface area contributed by atoms with Crippen LogP contribution in [0.5, 0.6) is 0 Å². The number of nitrogens with two attached hydrogens (primary N) is 1. The molecular weight excluding hydrogens is 366 g/mol. The van der Waals surface area contributed by atoms with Gasteiger partial charge in [0, 0.05) is 13.0 Å². The number of ether oxygens (including phenoxy) is 1. The highest BCUT2D eigenvalue weighted by Gasteiger charge is 2.73. The first-order valence-electron chi connectivity index (χ1n) is 8.56. The summed E-state index contributed by atoms with van der Waals surface area (Å²) in [6.07, 6.45) is 0.926. The molecule has 2 aromatic carbocycles. The summed E-state index contributed by atoms with van der Waals surface area (Å²) in [4.78, 5) is 0.475. The maximum Gasteiger partial charge on any atom is 0.182 e. The second-order valence-corrected chi connectivity index (χ2v) is 9.20. The summed E-state index contributed by atoms with van der Waals surface area (Å²) in [5, 5.41) is -0.720. The van der Waals surface area contributed by atoms with Crippen LogP contribution in [0.2, 0.25) is 0 Å². The number of sulfone groups is 1. The lowest BCUT2D eigenvalue weighted by molar-refractivity contribution is 0.166. The third-order valence-electron chi connectivity index (χ3n) is 5.25. The molecule has 0 heterocycles. The zero-order valence-electron chi connectivity index (χ0n) is 14.9. The van der Waals surface area contributed by atoms with Gasteiger partial charge in [-0.1, -0.05) is 61.6 Å². The van der Waals surface area contributed by atoms with Crippen LogP contribution in [0.4, 0.5) is 0 Å². The average molecular weight is 390 g/mol. The van der Waals surface area contributed by atoms with E-state index in [9.17, 15) is 8.42 Å². The molecule has 0 saturated heterocycles. The summed E-state index contributed by atoms with van der Waals surface area (Å²) in [7, 11) is -2.06. The van der Waals surface area contributed by atoms with Crippen molar-refractivity contribution in [2.24, 2.45) is 11.1 Å². The Bertz CT molecular complexity index is 894.